The van der Waals surface area contributed by atoms with Gasteiger partial charge in [0.05, 0.1) is 0 Å². The lowest BCUT2D eigenvalue weighted by molar-refractivity contribution is 0.458. The molecule has 1 heterocycles. The average Bonchev–Trinajstić information content (AvgIpc) is 2.48. The first-order chi connectivity index (χ1) is 10.2. The predicted molar refractivity (Wildman–Crippen MR) is 89.0 cm³/mol. The van der Waals surface area contributed by atoms with E-state index in [9.17, 15) is 0 Å². The monoisotopic (exact) mass is 349 g/mol. The highest BCUT2D eigenvalue weighted by Crippen LogP contribution is 2.23. The minimum Gasteiger partial charge on any atom is -0.439 e. The summed E-state index contributed by atoms with van der Waals surface area (Å²) in [6.45, 7) is 5.13. The van der Waals surface area contributed by atoms with Crippen molar-refractivity contribution in [1.29, 1.82) is 0 Å². The van der Waals surface area contributed by atoms with E-state index >= 15 is 0 Å². The number of aromatic nitrogens is 2. The van der Waals surface area contributed by atoms with Crippen molar-refractivity contribution in [2.24, 2.45) is 0 Å². The van der Waals surface area contributed by atoms with Crippen molar-refractivity contribution in [1.82, 2.24) is 9.97 Å². The van der Waals surface area contributed by atoms with Crippen LogP contribution < -0.4 is 10.1 Å². The molecule has 0 spiro atoms. The first-order valence-electron chi connectivity index (χ1n) is 7.26. The van der Waals surface area contributed by atoms with Crippen LogP contribution in [0.1, 0.15) is 32.5 Å². The summed E-state index contributed by atoms with van der Waals surface area (Å²) < 4.78 is 6.85. The van der Waals surface area contributed by atoms with Gasteiger partial charge in [-0.25, -0.2) is 4.98 Å². The van der Waals surface area contributed by atoms with Gasteiger partial charge in [-0.1, -0.05) is 29.8 Å². The molecule has 0 radical (unpaired) electrons. The van der Waals surface area contributed by atoms with Crippen molar-refractivity contribution in [3.05, 3.63) is 40.6 Å². The van der Waals surface area contributed by atoms with E-state index in [1.807, 2.05) is 30.3 Å². The lowest BCUT2D eigenvalue weighted by Crippen LogP contribution is -2.06. The lowest BCUT2D eigenvalue weighted by Gasteiger charge is -2.10. The number of rotatable bonds is 7. The van der Waals surface area contributed by atoms with E-state index < -0.39 is 0 Å². The van der Waals surface area contributed by atoms with Crippen LogP contribution in [-0.4, -0.2) is 16.5 Å². The van der Waals surface area contributed by atoms with E-state index in [1.54, 1.807) is 0 Å². The average molecular weight is 350 g/mol. The zero-order valence-electron chi connectivity index (χ0n) is 12.4. The quantitative estimate of drug-likeness (QED) is 0.779. The maximum absolute atomic E-state index is 5.83. The molecule has 0 atom stereocenters. The molecule has 0 fully saturated rings. The fourth-order valence-electron chi connectivity index (χ4n) is 1.83. The molecule has 21 heavy (non-hydrogen) atoms. The zero-order chi connectivity index (χ0) is 15.1. The van der Waals surface area contributed by atoms with Gasteiger partial charge < -0.3 is 10.1 Å². The summed E-state index contributed by atoms with van der Waals surface area (Å²) in [6.07, 6.45) is 2.91. The van der Waals surface area contributed by atoms with Crippen LogP contribution >= 0.6 is 15.9 Å². The van der Waals surface area contributed by atoms with Crippen molar-refractivity contribution in [2.75, 3.05) is 11.9 Å². The molecule has 5 heteroatoms. The molecular formula is C16H20BrN3O. The topological polar surface area (TPSA) is 47.0 Å². The first-order valence-corrected chi connectivity index (χ1v) is 8.05. The van der Waals surface area contributed by atoms with Crippen LogP contribution in [-0.2, 0) is 6.42 Å². The van der Waals surface area contributed by atoms with Gasteiger partial charge in [-0.15, -0.1) is 0 Å². The third-order valence-corrected chi connectivity index (χ3v) is 3.34. The fraction of sp³-hybridized carbons (Fsp3) is 0.375. The van der Waals surface area contributed by atoms with Gasteiger partial charge >= 0.3 is 0 Å². The number of benzene rings is 1. The van der Waals surface area contributed by atoms with E-state index in [4.69, 9.17) is 4.74 Å². The second-order valence-electron chi connectivity index (χ2n) is 4.74. The standard InChI is InChI=1S/C16H20BrN3O/c1-3-5-14-19-15(18-10-4-2)11-16(20-14)21-13-8-6-12(17)7-9-13/h6-9,11H,3-5,10H2,1-2H3,(H,18,19,20). The van der Waals surface area contributed by atoms with Crippen LogP contribution in [0.25, 0.3) is 0 Å². The van der Waals surface area contributed by atoms with Crippen molar-refractivity contribution < 1.29 is 4.74 Å². The summed E-state index contributed by atoms with van der Waals surface area (Å²) >= 11 is 3.41. The van der Waals surface area contributed by atoms with Crippen LogP contribution in [0.2, 0.25) is 0 Å². The highest BCUT2D eigenvalue weighted by atomic mass is 79.9. The molecule has 2 aromatic rings. The molecule has 2 rings (SSSR count). The largest absolute Gasteiger partial charge is 0.439 e. The number of hydrogen-bond acceptors (Lipinski definition) is 4. The number of hydrogen-bond donors (Lipinski definition) is 1. The maximum Gasteiger partial charge on any atom is 0.224 e. The Morgan fingerprint density at radius 2 is 1.86 bits per heavy atom. The van der Waals surface area contributed by atoms with Gasteiger partial charge in [0, 0.05) is 23.5 Å². The van der Waals surface area contributed by atoms with Gasteiger partial charge in [-0.05, 0) is 37.1 Å². The summed E-state index contributed by atoms with van der Waals surface area (Å²) in [5, 5.41) is 3.29. The minimum absolute atomic E-state index is 0.578. The Morgan fingerprint density at radius 1 is 1.10 bits per heavy atom. The third-order valence-electron chi connectivity index (χ3n) is 2.81. The van der Waals surface area contributed by atoms with Gasteiger partial charge in [0.25, 0.3) is 0 Å². The number of halogens is 1. The smallest absolute Gasteiger partial charge is 0.224 e. The Kier molecular flexibility index (Phi) is 5.99. The Bertz CT molecular complexity index is 572. The van der Waals surface area contributed by atoms with Crippen molar-refractivity contribution in [3.63, 3.8) is 0 Å². The van der Waals surface area contributed by atoms with Gasteiger partial charge in [0.2, 0.25) is 5.88 Å². The molecule has 0 bridgehead atoms. The molecule has 0 unspecified atom stereocenters. The number of aryl methyl sites for hydroxylation is 1. The molecule has 112 valence electrons. The summed E-state index contributed by atoms with van der Waals surface area (Å²) in [5.41, 5.74) is 0. The van der Waals surface area contributed by atoms with E-state index in [0.29, 0.717) is 5.88 Å². The summed E-state index contributed by atoms with van der Waals surface area (Å²) in [6, 6.07) is 9.55. The molecule has 1 N–H and O–H groups in total. The molecule has 0 aliphatic carbocycles. The molecule has 1 aromatic heterocycles. The Labute approximate surface area is 134 Å². The first kappa shape index (κ1) is 15.8. The normalized spacial score (nSPS) is 10.4. The molecule has 0 amide bonds. The fourth-order valence-corrected chi connectivity index (χ4v) is 2.09. The van der Waals surface area contributed by atoms with E-state index in [2.05, 4.69) is 45.1 Å². The summed E-state index contributed by atoms with van der Waals surface area (Å²) in [4.78, 5) is 8.97. The Balaban J connectivity index is 2.19. The van der Waals surface area contributed by atoms with Gasteiger partial charge in [-0.3, -0.25) is 0 Å². The Hall–Kier alpha value is -1.62. The van der Waals surface area contributed by atoms with Crippen LogP contribution in [0.3, 0.4) is 0 Å². The molecule has 0 saturated heterocycles. The maximum atomic E-state index is 5.83. The molecule has 0 saturated carbocycles. The van der Waals surface area contributed by atoms with Crippen LogP contribution in [0.4, 0.5) is 5.82 Å². The number of nitrogens with zero attached hydrogens (tertiary/aromatic N) is 2. The zero-order valence-corrected chi connectivity index (χ0v) is 14.0. The van der Waals surface area contributed by atoms with Crippen molar-refractivity contribution in [2.45, 2.75) is 33.1 Å². The second kappa shape index (κ2) is 7.98. The minimum atomic E-state index is 0.578. The highest BCUT2D eigenvalue weighted by molar-refractivity contribution is 9.10. The van der Waals surface area contributed by atoms with Gasteiger partial charge in [0.15, 0.2) is 0 Å². The molecule has 1 aromatic carbocycles. The molecule has 4 nitrogen and oxygen atoms in total. The SMILES string of the molecule is CCCNc1cc(Oc2ccc(Br)cc2)nc(CCC)n1. The van der Waals surface area contributed by atoms with Crippen molar-refractivity contribution in [3.8, 4) is 11.6 Å². The third kappa shape index (κ3) is 5.01. The van der Waals surface area contributed by atoms with Crippen LogP contribution in [0, 0.1) is 0 Å². The summed E-state index contributed by atoms with van der Waals surface area (Å²) in [5.74, 6) is 2.98. The van der Waals surface area contributed by atoms with Gasteiger partial charge in [0.1, 0.15) is 17.4 Å². The summed E-state index contributed by atoms with van der Waals surface area (Å²) in [7, 11) is 0. The number of nitrogens with one attached hydrogen (secondary N) is 1. The predicted octanol–water partition coefficient (Wildman–Crippen LogP) is 4.81. The van der Waals surface area contributed by atoms with Crippen LogP contribution in [0.5, 0.6) is 11.6 Å². The van der Waals surface area contributed by atoms with Gasteiger partial charge in [-0.2, -0.15) is 4.98 Å². The molecule has 0 aliphatic rings. The van der Waals surface area contributed by atoms with Crippen LogP contribution in [0.15, 0.2) is 34.8 Å². The van der Waals surface area contributed by atoms with E-state index in [-0.39, 0.29) is 0 Å². The number of anilines is 1. The molecular weight excluding hydrogens is 330 g/mol. The highest BCUT2D eigenvalue weighted by Gasteiger charge is 2.06. The van der Waals surface area contributed by atoms with E-state index in [1.165, 1.54) is 0 Å². The number of ether oxygens (including phenoxy) is 1. The second-order valence-corrected chi connectivity index (χ2v) is 5.66. The van der Waals surface area contributed by atoms with E-state index in [0.717, 1.165) is 47.7 Å². The van der Waals surface area contributed by atoms with Crippen molar-refractivity contribution >= 4 is 21.7 Å². The Morgan fingerprint density at radius 3 is 2.52 bits per heavy atom. The molecule has 0 aliphatic heterocycles. The lowest BCUT2D eigenvalue weighted by atomic mass is 10.3.